The molecule has 0 aliphatic carbocycles. The maximum absolute atomic E-state index is 12.6. The number of aromatic nitrogens is 2. The molecule has 3 rings (SSSR count). The van der Waals surface area contributed by atoms with Gasteiger partial charge >= 0.3 is 5.97 Å². The van der Waals surface area contributed by atoms with Crippen molar-refractivity contribution in [3.63, 3.8) is 0 Å². The lowest BCUT2D eigenvalue weighted by molar-refractivity contribution is -0.154. The number of hydrogen-bond acceptors (Lipinski definition) is 4. The van der Waals surface area contributed by atoms with E-state index in [0.29, 0.717) is 12.5 Å². The zero-order valence-corrected chi connectivity index (χ0v) is 11.3. The number of amides is 1. The predicted octanol–water partition coefficient (Wildman–Crippen LogP) is -0.397. The van der Waals surface area contributed by atoms with Crippen LogP contribution in [0.15, 0.2) is 6.33 Å². The highest BCUT2D eigenvalue weighted by atomic mass is 16.4. The molecule has 1 aromatic heterocycles. The lowest BCUT2D eigenvalue weighted by Crippen LogP contribution is -2.55. The molecule has 2 atom stereocenters. The molecule has 0 radical (unpaired) electrons. The Balaban J connectivity index is 1.82. The molecule has 0 aromatic carbocycles. The Morgan fingerprint density at radius 2 is 2.25 bits per heavy atom. The zero-order chi connectivity index (χ0) is 14.3. The number of hydrogen-bond donors (Lipinski definition) is 3. The van der Waals surface area contributed by atoms with Gasteiger partial charge in [-0.2, -0.15) is 0 Å². The summed E-state index contributed by atoms with van der Waals surface area (Å²) in [5.74, 6) is -0.891. The summed E-state index contributed by atoms with van der Waals surface area (Å²) in [6, 6.07) is -0.811. The highest BCUT2D eigenvalue weighted by Gasteiger charge is 2.40. The third kappa shape index (κ3) is 2.07. The first-order valence-corrected chi connectivity index (χ1v) is 6.83. The second-order valence-corrected chi connectivity index (χ2v) is 5.56. The van der Waals surface area contributed by atoms with Crippen molar-refractivity contribution < 1.29 is 14.7 Å². The average Bonchev–Trinajstić information content (AvgIpc) is 2.81. The molecule has 3 N–H and O–H groups in total. The van der Waals surface area contributed by atoms with Crippen molar-refractivity contribution in [3.05, 3.63) is 17.7 Å². The lowest BCUT2D eigenvalue weighted by atomic mass is 9.87. The van der Waals surface area contributed by atoms with E-state index in [9.17, 15) is 14.7 Å². The number of carboxylic acids is 1. The van der Waals surface area contributed by atoms with Gasteiger partial charge in [0.05, 0.1) is 24.3 Å². The quantitative estimate of drug-likeness (QED) is 0.699. The van der Waals surface area contributed by atoms with Gasteiger partial charge in [0.1, 0.15) is 6.04 Å². The summed E-state index contributed by atoms with van der Waals surface area (Å²) in [7, 11) is 0. The first-order chi connectivity index (χ1) is 9.58. The van der Waals surface area contributed by atoms with Crippen molar-refractivity contribution in [2.75, 3.05) is 13.1 Å². The van der Waals surface area contributed by atoms with E-state index >= 15 is 0 Å². The number of carbonyl (C=O) groups is 2. The number of fused-ring (bicyclic) bond motifs is 1. The molecular weight excluding hydrogens is 260 g/mol. The van der Waals surface area contributed by atoms with Crippen LogP contribution >= 0.6 is 0 Å². The summed E-state index contributed by atoms with van der Waals surface area (Å²) in [5.41, 5.74) is 1.59. The van der Waals surface area contributed by atoms with E-state index in [4.69, 9.17) is 0 Å². The normalized spacial score (nSPS) is 23.9. The van der Waals surface area contributed by atoms with Crippen LogP contribution in [0, 0.1) is 11.8 Å². The monoisotopic (exact) mass is 278 g/mol. The molecule has 3 heterocycles. The summed E-state index contributed by atoms with van der Waals surface area (Å²) in [6.45, 7) is 3.84. The Hall–Kier alpha value is -1.89. The molecule has 1 amide bonds. The van der Waals surface area contributed by atoms with Gasteiger partial charge in [0.2, 0.25) is 5.91 Å². The number of aliphatic carboxylic acids is 1. The molecule has 20 heavy (non-hydrogen) atoms. The van der Waals surface area contributed by atoms with E-state index in [1.54, 1.807) is 6.33 Å². The molecule has 108 valence electrons. The number of carboxylic acid groups (broad SMARTS) is 1. The fourth-order valence-electron chi connectivity index (χ4n) is 2.82. The highest BCUT2D eigenvalue weighted by Crippen LogP contribution is 2.26. The van der Waals surface area contributed by atoms with Crippen LogP contribution in [0.3, 0.4) is 0 Å². The van der Waals surface area contributed by atoms with Crippen LogP contribution in [-0.4, -0.2) is 51.0 Å². The van der Waals surface area contributed by atoms with Crippen molar-refractivity contribution in [1.82, 2.24) is 20.2 Å². The summed E-state index contributed by atoms with van der Waals surface area (Å²) < 4.78 is 0. The SMILES string of the molecule is CC(C(=O)N1Cc2[nH]cnc2CC1C(=O)O)C1CNC1. The Bertz CT molecular complexity index is 537. The van der Waals surface area contributed by atoms with Crippen molar-refractivity contribution >= 4 is 11.9 Å². The second-order valence-electron chi connectivity index (χ2n) is 5.56. The van der Waals surface area contributed by atoms with Crippen molar-refractivity contribution in [2.24, 2.45) is 11.8 Å². The molecule has 2 aliphatic rings. The molecule has 2 unspecified atom stereocenters. The minimum absolute atomic E-state index is 0.0795. The largest absolute Gasteiger partial charge is 0.480 e. The number of nitrogens with zero attached hydrogens (tertiary/aromatic N) is 2. The van der Waals surface area contributed by atoms with Crippen LogP contribution in [0.1, 0.15) is 18.3 Å². The van der Waals surface area contributed by atoms with Gasteiger partial charge in [-0.05, 0) is 19.0 Å². The topological polar surface area (TPSA) is 98.3 Å². The molecule has 7 nitrogen and oxygen atoms in total. The number of nitrogens with one attached hydrogen (secondary N) is 2. The fourth-order valence-corrected chi connectivity index (χ4v) is 2.82. The minimum atomic E-state index is -0.967. The van der Waals surface area contributed by atoms with Crippen LogP contribution < -0.4 is 5.32 Å². The first-order valence-electron chi connectivity index (χ1n) is 6.83. The van der Waals surface area contributed by atoms with Crippen molar-refractivity contribution in [2.45, 2.75) is 25.9 Å². The van der Waals surface area contributed by atoms with E-state index in [1.807, 2.05) is 6.92 Å². The van der Waals surface area contributed by atoms with Gasteiger partial charge in [-0.25, -0.2) is 9.78 Å². The van der Waals surface area contributed by atoms with Gasteiger partial charge in [0.15, 0.2) is 0 Å². The Labute approximate surface area is 116 Å². The maximum Gasteiger partial charge on any atom is 0.326 e. The highest BCUT2D eigenvalue weighted by molar-refractivity contribution is 5.85. The molecule has 0 spiro atoms. The molecule has 1 saturated heterocycles. The average molecular weight is 278 g/mol. The molecule has 1 fully saturated rings. The maximum atomic E-state index is 12.6. The third-order valence-corrected chi connectivity index (χ3v) is 4.38. The van der Waals surface area contributed by atoms with Crippen molar-refractivity contribution in [3.8, 4) is 0 Å². The molecule has 0 saturated carbocycles. The lowest BCUT2D eigenvalue weighted by Gasteiger charge is -2.38. The van der Waals surface area contributed by atoms with E-state index in [-0.39, 0.29) is 18.2 Å². The predicted molar refractivity (Wildman–Crippen MR) is 69.8 cm³/mol. The summed E-state index contributed by atoms with van der Waals surface area (Å²) in [6.07, 6.45) is 1.83. The minimum Gasteiger partial charge on any atom is -0.480 e. The zero-order valence-electron chi connectivity index (χ0n) is 11.3. The first kappa shape index (κ1) is 13.1. The Morgan fingerprint density at radius 1 is 1.50 bits per heavy atom. The van der Waals surface area contributed by atoms with Crippen LogP contribution in [0.5, 0.6) is 0 Å². The van der Waals surface area contributed by atoms with Gasteiger partial charge in [-0.3, -0.25) is 4.79 Å². The molecule has 2 aliphatic heterocycles. The van der Waals surface area contributed by atoms with Crippen LogP contribution in [0.2, 0.25) is 0 Å². The van der Waals surface area contributed by atoms with E-state index in [1.165, 1.54) is 4.90 Å². The van der Waals surface area contributed by atoms with Gasteiger partial charge in [-0.15, -0.1) is 0 Å². The summed E-state index contributed by atoms with van der Waals surface area (Å²) >= 11 is 0. The Kier molecular flexibility index (Phi) is 3.21. The summed E-state index contributed by atoms with van der Waals surface area (Å²) in [4.78, 5) is 32.6. The molecule has 0 bridgehead atoms. The molecule has 7 heteroatoms. The smallest absolute Gasteiger partial charge is 0.326 e. The molecular formula is C13H18N4O3. The van der Waals surface area contributed by atoms with Gasteiger partial charge in [-0.1, -0.05) is 6.92 Å². The van der Waals surface area contributed by atoms with Gasteiger partial charge in [0, 0.05) is 12.3 Å². The van der Waals surface area contributed by atoms with Gasteiger partial charge in [0.25, 0.3) is 0 Å². The van der Waals surface area contributed by atoms with E-state index in [0.717, 1.165) is 24.5 Å². The van der Waals surface area contributed by atoms with Crippen LogP contribution in [0.4, 0.5) is 0 Å². The molecule has 1 aromatic rings. The van der Waals surface area contributed by atoms with E-state index in [2.05, 4.69) is 15.3 Å². The number of carbonyl (C=O) groups excluding carboxylic acids is 1. The fraction of sp³-hybridized carbons (Fsp3) is 0.615. The van der Waals surface area contributed by atoms with E-state index < -0.39 is 12.0 Å². The Morgan fingerprint density at radius 3 is 2.85 bits per heavy atom. The standard InChI is InChI=1S/C13H18N4O3/c1-7(8-3-14-4-8)12(18)17-5-10-9(15-6-16-10)2-11(17)13(19)20/h6-8,11,14H,2-5H2,1H3,(H,15,16)(H,19,20). The number of H-pyrrole nitrogens is 1. The third-order valence-electron chi connectivity index (χ3n) is 4.38. The van der Waals surface area contributed by atoms with Crippen LogP contribution in [-0.2, 0) is 22.6 Å². The van der Waals surface area contributed by atoms with Crippen LogP contribution in [0.25, 0.3) is 0 Å². The number of imidazole rings is 1. The second kappa shape index (κ2) is 4.90. The summed E-state index contributed by atoms with van der Waals surface area (Å²) in [5, 5.41) is 12.5. The number of aromatic amines is 1. The van der Waals surface area contributed by atoms with Gasteiger partial charge < -0.3 is 20.3 Å². The number of rotatable bonds is 3. The van der Waals surface area contributed by atoms with Crippen molar-refractivity contribution in [1.29, 1.82) is 0 Å².